The molecule has 156 valence electrons. The maximum absolute atomic E-state index is 11.7. The molecule has 1 heterocycles. The Morgan fingerprint density at radius 1 is 0.852 bits per heavy atom. The zero-order valence-corrected chi connectivity index (χ0v) is 18.2. The van der Waals surface area contributed by atoms with Gasteiger partial charge in [0, 0.05) is 5.41 Å². The van der Waals surface area contributed by atoms with Crippen LogP contribution in [-0.4, -0.2) is 40.4 Å². The van der Waals surface area contributed by atoms with E-state index >= 15 is 0 Å². The van der Waals surface area contributed by atoms with Gasteiger partial charge in [0.1, 0.15) is 0 Å². The molecule has 0 amide bonds. The molecule has 27 heavy (non-hydrogen) atoms. The highest BCUT2D eigenvalue weighted by Gasteiger charge is 2.66. The van der Waals surface area contributed by atoms with E-state index in [1.807, 2.05) is 13.8 Å². The molecule has 1 saturated heterocycles. The van der Waals surface area contributed by atoms with Gasteiger partial charge < -0.3 is 19.7 Å². The molecule has 3 aliphatic carbocycles. The molecule has 0 spiro atoms. The van der Waals surface area contributed by atoms with Crippen molar-refractivity contribution in [1.82, 2.24) is 0 Å². The molecule has 4 rings (SSSR count). The number of aliphatic hydroxyl groups excluding tert-OH is 2. The monoisotopic (exact) mass is 380 g/mol. The van der Waals surface area contributed by atoms with Crippen LogP contribution in [0.4, 0.5) is 0 Å². The van der Waals surface area contributed by atoms with Crippen molar-refractivity contribution in [3.8, 4) is 0 Å². The zero-order valence-electron chi connectivity index (χ0n) is 18.2. The predicted octanol–water partition coefficient (Wildman–Crippen LogP) is 3.98. The van der Waals surface area contributed by atoms with E-state index in [0.717, 1.165) is 25.7 Å². The Hall–Kier alpha value is -0.160. The highest BCUT2D eigenvalue weighted by atomic mass is 16.8. The molecule has 3 unspecified atom stereocenters. The van der Waals surface area contributed by atoms with Crippen molar-refractivity contribution in [3.63, 3.8) is 0 Å². The maximum Gasteiger partial charge on any atom is 0.163 e. The highest BCUT2D eigenvalue weighted by molar-refractivity contribution is 5.13. The van der Waals surface area contributed by atoms with E-state index < -0.39 is 11.9 Å². The van der Waals surface area contributed by atoms with Crippen molar-refractivity contribution < 1.29 is 19.7 Å². The van der Waals surface area contributed by atoms with E-state index in [2.05, 4.69) is 34.6 Å². The smallest absolute Gasteiger partial charge is 0.163 e. The molecule has 0 aromatic rings. The second kappa shape index (κ2) is 6.17. The minimum Gasteiger partial charge on any atom is -0.393 e. The molecular formula is C23H40O4. The van der Waals surface area contributed by atoms with Gasteiger partial charge in [0.15, 0.2) is 5.79 Å². The van der Waals surface area contributed by atoms with Crippen LogP contribution in [0, 0.1) is 40.4 Å². The second-order valence-electron chi connectivity index (χ2n) is 11.5. The van der Waals surface area contributed by atoms with Crippen molar-refractivity contribution in [2.75, 3.05) is 0 Å². The normalized spacial score (nSPS) is 56.6. The van der Waals surface area contributed by atoms with Gasteiger partial charge in [-0.1, -0.05) is 34.6 Å². The summed E-state index contributed by atoms with van der Waals surface area (Å²) >= 11 is 0. The Labute approximate surface area is 165 Å². The van der Waals surface area contributed by atoms with Gasteiger partial charge >= 0.3 is 0 Å². The topological polar surface area (TPSA) is 58.9 Å². The summed E-state index contributed by atoms with van der Waals surface area (Å²) < 4.78 is 13.2. The van der Waals surface area contributed by atoms with Crippen LogP contribution in [0.1, 0.15) is 74.1 Å². The Morgan fingerprint density at radius 3 is 2.19 bits per heavy atom. The molecule has 0 aromatic heterocycles. The third-order valence-corrected chi connectivity index (χ3v) is 9.19. The Kier molecular flexibility index (Phi) is 4.60. The lowest BCUT2D eigenvalue weighted by Gasteiger charge is -2.62. The number of aliphatic hydroxyl groups is 2. The van der Waals surface area contributed by atoms with E-state index in [4.69, 9.17) is 9.47 Å². The Bertz CT molecular complexity index is 587. The molecule has 4 aliphatic rings. The van der Waals surface area contributed by atoms with Crippen molar-refractivity contribution in [2.24, 2.45) is 40.4 Å². The summed E-state index contributed by atoms with van der Waals surface area (Å²) in [6.45, 7) is 15.5. The van der Waals surface area contributed by atoms with Crippen LogP contribution in [0.5, 0.6) is 0 Å². The summed E-state index contributed by atoms with van der Waals surface area (Å²) in [5, 5.41) is 22.4. The molecule has 2 bridgehead atoms. The Morgan fingerprint density at radius 2 is 1.52 bits per heavy atom. The van der Waals surface area contributed by atoms with Crippen LogP contribution in [0.2, 0.25) is 0 Å². The fourth-order valence-corrected chi connectivity index (χ4v) is 7.91. The summed E-state index contributed by atoms with van der Waals surface area (Å²) in [7, 11) is 0. The van der Waals surface area contributed by atoms with Crippen molar-refractivity contribution >= 4 is 0 Å². The Balaban J connectivity index is 1.88. The van der Waals surface area contributed by atoms with Gasteiger partial charge in [-0.15, -0.1) is 0 Å². The van der Waals surface area contributed by atoms with E-state index in [1.54, 1.807) is 0 Å². The van der Waals surface area contributed by atoms with E-state index in [1.165, 1.54) is 0 Å². The summed E-state index contributed by atoms with van der Waals surface area (Å²) in [6, 6.07) is 0. The average molecular weight is 381 g/mol. The first-order valence-electron chi connectivity index (χ1n) is 11.1. The number of hydrogen-bond donors (Lipinski definition) is 2. The third-order valence-electron chi connectivity index (χ3n) is 9.19. The zero-order chi connectivity index (χ0) is 19.9. The van der Waals surface area contributed by atoms with E-state index in [0.29, 0.717) is 11.8 Å². The van der Waals surface area contributed by atoms with Gasteiger partial charge in [0.2, 0.25) is 0 Å². The fraction of sp³-hybridized carbons (Fsp3) is 1.00. The standard InChI is InChI=1S/C23H40O4/c1-12-8-9-14-18(25)17-13(2)15(24)10-11-23(17,7)20-19(16(12)21(14,3)4)26-22(5,6)27-20/h12-20,24-25H,8-11H2,1-7H3/t12-,13-,14?,15-,16?,17?,18+,19-,20-,23-/m1/s1. The molecule has 4 fully saturated rings. The van der Waals surface area contributed by atoms with Crippen LogP contribution < -0.4 is 0 Å². The lowest BCUT2D eigenvalue weighted by atomic mass is 9.46. The number of fused-ring (bicyclic) bond motifs is 6. The van der Waals surface area contributed by atoms with Crippen molar-refractivity contribution in [2.45, 2.75) is 104 Å². The second-order valence-corrected chi connectivity index (χ2v) is 11.5. The van der Waals surface area contributed by atoms with Crippen molar-refractivity contribution in [3.05, 3.63) is 0 Å². The van der Waals surface area contributed by atoms with Crippen LogP contribution >= 0.6 is 0 Å². The summed E-state index contributed by atoms with van der Waals surface area (Å²) in [6.07, 6.45) is 3.12. The minimum atomic E-state index is -0.597. The lowest BCUT2D eigenvalue weighted by molar-refractivity contribution is -0.211. The summed E-state index contributed by atoms with van der Waals surface area (Å²) in [5.74, 6) is 0.672. The van der Waals surface area contributed by atoms with Gasteiger partial charge in [-0.2, -0.15) is 0 Å². The predicted molar refractivity (Wildman–Crippen MR) is 105 cm³/mol. The fourth-order valence-electron chi connectivity index (χ4n) is 7.91. The van der Waals surface area contributed by atoms with Gasteiger partial charge in [-0.25, -0.2) is 0 Å². The molecular weight excluding hydrogens is 340 g/mol. The molecule has 10 atom stereocenters. The quantitative estimate of drug-likeness (QED) is 0.667. The highest BCUT2D eigenvalue weighted by Crippen LogP contribution is 2.63. The number of ether oxygens (including phenoxy) is 2. The van der Waals surface area contributed by atoms with Crippen molar-refractivity contribution in [1.29, 1.82) is 0 Å². The first-order chi connectivity index (χ1) is 12.4. The van der Waals surface area contributed by atoms with Crippen LogP contribution in [0.3, 0.4) is 0 Å². The molecule has 1 aliphatic heterocycles. The minimum absolute atomic E-state index is 0.0206. The molecule has 4 nitrogen and oxygen atoms in total. The third kappa shape index (κ3) is 2.77. The van der Waals surface area contributed by atoms with E-state index in [9.17, 15) is 10.2 Å². The molecule has 3 saturated carbocycles. The van der Waals surface area contributed by atoms with Crippen LogP contribution in [-0.2, 0) is 9.47 Å². The lowest BCUT2D eigenvalue weighted by Crippen LogP contribution is -2.65. The van der Waals surface area contributed by atoms with Gasteiger partial charge in [0.25, 0.3) is 0 Å². The van der Waals surface area contributed by atoms with Crippen LogP contribution in [0.15, 0.2) is 0 Å². The SMILES string of the molecule is C[C@@H]1CCC2[C@H](O)C3[C@H](C)[C@H](O)CC[C@@]3(C)[C@@H]3OC(C)(C)O[C@@H]3C1C2(C)C. The largest absolute Gasteiger partial charge is 0.393 e. The van der Waals surface area contributed by atoms with E-state index in [-0.39, 0.29) is 46.9 Å². The summed E-state index contributed by atoms with van der Waals surface area (Å²) in [5.41, 5.74) is -0.201. The molecule has 0 aromatic carbocycles. The molecule has 4 heteroatoms. The first-order valence-corrected chi connectivity index (χ1v) is 11.1. The first kappa shape index (κ1) is 20.1. The maximum atomic E-state index is 11.7. The molecule has 2 N–H and O–H groups in total. The average Bonchev–Trinajstić information content (AvgIpc) is 2.86. The van der Waals surface area contributed by atoms with Gasteiger partial charge in [-0.05, 0) is 74.5 Å². The molecule has 0 radical (unpaired) electrons. The van der Waals surface area contributed by atoms with Gasteiger partial charge in [-0.3, -0.25) is 0 Å². The number of hydrogen-bond acceptors (Lipinski definition) is 4. The number of rotatable bonds is 0. The van der Waals surface area contributed by atoms with Gasteiger partial charge in [0.05, 0.1) is 24.4 Å². The summed E-state index contributed by atoms with van der Waals surface area (Å²) in [4.78, 5) is 0. The van der Waals surface area contributed by atoms with Crippen LogP contribution in [0.25, 0.3) is 0 Å².